The first-order valence-corrected chi connectivity index (χ1v) is 4.77. The molecule has 1 radical (unpaired) electrons. The smallest absolute Gasteiger partial charge is 0.0525 e. The molecule has 0 aromatic carbocycles. The average Bonchev–Trinajstić information content (AvgIpc) is 1.86. The molecule has 0 aliphatic carbocycles. The molecule has 0 fully saturated rings. The van der Waals surface area contributed by atoms with Crippen molar-refractivity contribution in [3.8, 4) is 0 Å². The largest absolute Gasteiger partial charge is 0.0917 e. The van der Waals surface area contributed by atoms with Crippen LogP contribution in [0.25, 0.3) is 0 Å². The molecular weight excluding hydrogens is 88.1 g/mol. The Labute approximate surface area is 40.5 Å². The summed E-state index contributed by atoms with van der Waals surface area (Å²) >= 11 is 0. The Morgan fingerprint density at radius 1 is 1.33 bits per heavy atom. The molecule has 0 aromatic heterocycles. The lowest BCUT2D eigenvalue weighted by Gasteiger charge is -1.88. The average molecular weight is 97.2 g/mol. The number of rotatable bonds is 0. The van der Waals surface area contributed by atoms with E-state index in [1.807, 2.05) is 0 Å². The summed E-state index contributed by atoms with van der Waals surface area (Å²) < 4.78 is 0. The van der Waals surface area contributed by atoms with Crippen LogP contribution in [0, 0.1) is 0 Å². The van der Waals surface area contributed by atoms with Crippen LogP contribution in [0.15, 0.2) is 12.2 Å². The minimum atomic E-state index is 0.132. The normalized spacial score (nSPS) is 22.8. The van der Waals surface area contributed by atoms with Crippen LogP contribution in [-0.4, -0.2) is 8.80 Å². The first-order valence-electron chi connectivity index (χ1n) is 2.36. The molecule has 1 heteroatoms. The van der Waals surface area contributed by atoms with Gasteiger partial charge in [0.2, 0.25) is 0 Å². The maximum Gasteiger partial charge on any atom is 0.0525 e. The highest BCUT2D eigenvalue weighted by atomic mass is 28.3. The molecule has 0 bridgehead atoms. The van der Waals surface area contributed by atoms with Crippen LogP contribution < -0.4 is 0 Å². The SMILES string of the molecule is C[Si]1CC=CC1. The summed E-state index contributed by atoms with van der Waals surface area (Å²) in [5.74, 6) is 0. The van der Waals surface area contributed by atoms with Crippen LogP contribution in [0.3, 0.4) is 0 Å². The Hall–Kier alpha value is -0.0431. The van der Waals surface area contributed by atoms with Gasteiger partial charge in [0.05, 0.1) is 8.80 Å². The van der Waals surface area contributed by atoms with E-state index in [-0.39, 0.29) is 8.80 Å². The fraction of sp³-hybridized carbons (Fsp3) is 0.600. The Morgan fingerprint density at radius 3 is 2.00 bits per heavy atom. The molecule has 6 heavy (non-hydrogen) atoms. The lowest BCUT2D eigenvalue weighted by Crippen LogP contribution is -1.95. The van der Waals surface area contributed by atoms with Crippen LogP contribution in [-0.2, 0) is 0 Å². The molecule has 33 valence electrons. The molecular formula is C5H9Si. The molecule has 0 saturated heterocycles. The van der Waals surface area contributed by atoms with Gasteiger partial charge in [0.1, 0.15) is 0 Å². The third-order valence-corrected chi connectivity index (χ3v) is 2.96. The number of hydrogen-bond acceptors (Lipinski definition) is 0. The minimum absolute atomic E-state index is 0.132. The molecule has 0 saturated carbocycles. The van der Waals surface area contributed by atoms with Gasteiger partial charge in [-0.3, -0.25) is 0 Å². The monoisotopic (exact) mass is 97.0 g/mol. The molecule has 0 amide bonds. The molecule has 0 N–H and O–H groups in total. The van der Waals surface area contributed by atoms with E-state index in [1.54, 1.807) is 0 Å². The maximum absolute atomic E-state index is 2.38. The molecule has 1 rings (SSSR count). The summed E-state index contributed by atoms with van der Waals surface area (Å²) in [6.07, 6.45) is 4.60. The van der Waals surface area contributed by atoms with E-state index in [0.717, 1.165) is 0 Å². The summed E-state index contributed by atoms with van der Waals surface area (Å²) in [6, 6.07) is 2.81. The molecule has 1 aliphatic heterocycles. The fourth-order valence-electron chi connectivity index (χ4n) is 0.652. The van der Waals surface area contributed by atoms with Gasteiger partial charge in [-0.2, -0.15) is 0 Å². The second-order valence-electron chi connectivity index (χ2n) is 1.84. The first kappa shape index (κ1) is 4.12. The Morgan fingerprint density at radius 2 is 1.83 bits per heavy atom. The van der Waals surface area contributed by atoms with Crippen molar-refractivity contribution in [1.82, 2.24) is 0 Å². The zero-order chi connectivity index (χ0) is 4.41. The predicted octanol–water partition coefficient (Wildman–Crippen LogP) is 1.68. The number of allylic oxidation sites excluding steroid dienone is 2. The molecule has 0 aromatic rings. The van der Waals surface area contributed by atoms with Gasteiger partial charge in [0, 0.05) is 0 Å². The van der Waals surface area contributed by atoms with Crippen LogP contribution in [0.1, 0.15) is 0 Å². The molecule has 1 aliphatic rings. The van der Waals surface area contributed by atoms with E-state index in [0.29, 0.717) is 0 Å². The topological polar surface area (TPSA) is 0 Å². The Balaban J connectivity index is 2.32. The van der Waals surface area contributed by atoms with E-state index >= 15 is 0 Å². The minimum Gasteiger partial charge on any atom is -0.0917 e. The summed E-state index contributed by atoms with van der Waals surface area (Å²) in [5.41, 5.74) is 0. The zero-order valence-corrected chi connectivity index (χ0v) is 5.07. The Bertz CT molecular complexity index is 58.3. The zero-order valence-electron chi connectivity index (χ0n) is 4.07. The van der Waals surface area contributed by atoms with Gasteiger partial charge in [-0.15, -0.1) is 0 Å². The lowest BCUT2D eigenvalue weighted by molar-refractivity contribution is 1.66. The van der Waals surface area contributed by atoms with Crippen molar-refractivity contribution in [3.63, 3.8) is 0 Å². The van der Waals surface area contributed by atoms with E-state index in [2.05, 4.69) is 18.7 Å². The quantitative estimate of drug-likeness (QED) is 0.319. The van der Waals surface area contributed by atoms with E-state index in [1.165, 1.54) is 12.1 Å². The van der Waals surface area contributed by atoms with Crippen LogP contribution >= 0.6 is 0 Å². The first-order chi connectivity index (χ1) is 2.89. The standard InChI is InChI=1S/C5H9Si/c1-6-4-2-3-5-6/h2-3H,4-5H2,1H3. The van der Waals surface area contributed by atoms with Crippen LogP contribution in [0.4, 0.5) is 0 Å². The summed E-state index contributed by atoms with van der Waals surface area (Å²) in [7, 11) is 0.132. The van der Waals surface area contributed by atoms with E-state index in [4.69, 9.17) is 0 Å². The molecule has 0 unspecified atom stereocenters. The summed E-state index contributed by atoms with van der Waals surface area (Å²) in [6.45, 7) is 2.38. The second-order valence-corrected chi connectivity index (χ2v) is 4.57. The summed E-state index contributed by atoms with van der Waals surface area (Å²) in [5, 5.41) is 0. The van der Waals surface area contributed by atoms with Crippen molar-refractivity contribution in [2.75, 3.05) is 0 Å². The van der Waals surface area contributed by atoms with Gasteiger partial charge < -0.3 is 0 Å². The molecule has 1 heterocycles. The van der Waals surface area contributed by atoms with Crippen LogP contribution in [0.2, 0.25) is 18.6 Å². The van der Waals surface area contributed by atoms with Crippen molar-refractivity contribution in [2.24, 2.45) is 0 Å². The fourth-order valence-corrected chi connectivity index (χ4v) is 1.96. The predicted molar refractivity (Wildman–Crippen MR) is 30.4 cm³/mol. The Kier molecular flexibility index (Phi) is 1.10. The van der Waals surface area contributed by atoms with E-state index in [9.17, 15) is 0 Å². The van der Waals surface area contributed by atoms with E-state index < -0.39 is 0 Å². The number of hydrogen-bond donors (Lipinski definition) is 0. The van der Waals surface area contributed by atoms with Crippen LogP contribution in [0.5, 0.6) is 0 Å². The van der Waals surface area contributed by atoms with Crippen molar-refractivity contribution in [2.45, 2.75) is 18.6 Å². The van der Waals surface area contributed by atoms with Gasteiger partial charge in [0.25, 0.3) is 0 Å². The van der Waals surface area contributed by atoms with Gasteiger partial charge in [-0.05, 0) is 12.1 Å². The van der Waals surface area contributed by atoms with Crippen molar-refractivity contribution >= 4 is 8.80 Å². The maximum atomic E-state index is 2.38. The second kappa shape index (κ2) is 1.60. The highest BCUT2D eigenvalue weighted by Crippen LogP contribution is 2.08. The van der Waals surface area contributed by atoms with Gasteiger partial charge in [-0.25, -0.2) is 0 Å². The molecule has 0 spiro atoms. The molecule has 0 atom stereocenters. The van der Waals surface area contributed by atoms with Crippen molar-refractivity contribution < 1.29 is 0 Å². The van der Waals surface area contributed by atoms with Gasteiger partial charge in [-0.1, -0.05) is 18.7 Å². The van der Waals surface area contributed by atoms with Gasteiger partial charge in [0.15, 0.2) is 0 Å². The highest BCUT2D eigenvalue weighted by molar-refractivity contribution is 6.59. The molecule has 0 nitrogen and oxygen atoms in total. The third kappa shape index (κ3) is 0.715. The highest BCUT2D eigenvalue weighted by Gasteiger charge is 2.02. The lowest BCUT2D eigenvalue weighted by atomic mass is 10.6. The summed E-state index contributed by atoms with van der Waals surface area (Å²) in [4.78, 5) is 0. The van der Waals surface area contributed by atoms with Crippen molar-refractivity contribution in [1.29, 1.82) is 0 Å². The third-order valence-electron chi connectivity index (χ3n) is 1.10. The van der Waals surface area contributed by atoms with Crippen molar-refractivity contribution in [3.05, 3.63) is 12.2 Å². The van der Waals surface area contributed by atoms with Gasteiger partial charge >= 0.3 is 0 Å².